The topological polar surface area (TPSA) is 100 Å². The molecule has 0 bridgehead atoms. The Hall–Kier alpha value is -2.93. The fourth-order valence-corrected chi connectivity index (χ4v) is 3.49. The zero-order valence-electron chi connectivity index (χ0n) is 15.9. The molecule has 0 radical (unpaired) electrons. The monoisotopic (exact) mass is 383 g/mol. The van der Waals surface area contributed by atoms with Gasteiger partial charge in [-0.3, -0.25) is 14.4 Å². The van der Waals surface area contributed by atoms with Gasteiger partial charge < -0.3 is 20.3 Å². The summed E-state index contributed by atoms with van der Waals surface area (Å²) in [4.78, 5) is 37.6. The van der Waals surface area contributed by atoms with Gasteiger partial charge >= 0.3 is 0 Å². The predicted molar refractivity (Wildman–Crippen MR) is 105 cm³/mol. The van der Waals surface area contributed by atoms with Crippen LogP contribution in [0.25, 0.3) is 0 Å². The van der Waals surface area contributed by atoms with Crippen LogP contribution in [0.1, 0.15) is 52.0 Å². The normalized spacial score (nSPS) is 19.1. The van der Waals surface area contributed by atoms with E-state index in [1.807, 2.05) is 30.3 Å². The third kappa shape index (κ3) is 4.48. The number of aliphatic hydroxyl groups excluding tert-OH is 1. The van der Waals surface area contributed by atoms with Crippen molar-refractivity contribution < 1.29 is 14.7 Å². The molecule has 1 aromatic carbocycles. The summed E-state index contributed by atoms with van der Waals surface area (Å²) in [6.45, 7) is 0.247. The highest BCUT2D eigenvalue weighted by atomic mass is 16.3. The third-order valence-corrected chi connectivity index (χ3v) is 5.06. The number of amides is 2. The first-order chi connectivity index (χ1) is 13.5. The van der Waals surface area contributed by atoms with Crippen molar-refractivity contribution in [3.63, 3.8) is 0 Å². The SMILES string of the molecule is CNC(=O)c1cc(C(=O)N[C@@H]2CCCC[C@@H]2O)cn(Cc2ccccc2)c1=O. The van der Waals surface area contributed by atoms with Crippen molar-refractivity contribution >= 4 is 11.8 Å². The number of carbonyl (C=O) groups is 2. The van der Waals surface area contributed by atoms with Crippen LogP contribution >= 0.6 is 0 Å². The van der Waals surface area contributed by atoms with E-state index in [2.05, 4.69) is 10.6 Å². The Morgan fingerprint density at radius 3 is 2.54 bits per heavy atom. The summed E-state index contributed by atoms with van der Waals surface area (Å²) < 4.78 is 1.37. The summed E-state index contributed by atoms with van der Waals surface area (Å²) in [6.07, 6.45) is 4.13. The van der Waals surface area contributed by atoms with E-state index >= 15 is 0 Å². The number of hydrogen-bond donors (Lipinski definition) is 3. The Bertz CT molecular complexity index is 908. The summed E-state index contributed by atoms with van der Waals surface area (Å²) in [5.41, 5.74) is 0.548. The van der Waals surface area contributed by atoms with Crippen molar-refractivity contribution in [2.75, 3.05) is 7.05 Å². The second kappa shape index (κ2) is 8.84. The van der Waals surface area contributed by atoms with Crippen molar-refractivity contribution in [1.29, 1.82) is 0 Å². The van der Waals surface area contributed by atoms with Gasteiger partial charge in [-0.2, -0.15) is 0 Å². The zero-order chi connectivity index (χ0) is 20.1. The molecule has 148 valence electrons. The molecular formula is C21H25N3O4. The minimum Gasteiger partial charge on any atom is -0.391 e. The maximum Gasteiger partial charge on any atom is 0.263 e. The molecule has 0 spiro atoms. The average molecular weight is 383 g/mol. The van der Waals surface area contributed by atoms with Gasteiger partial charge in [-0.05, 0) is 24.5 Å². The number of nitrogens with zero attached hydrogens (tertiary/aromatic N) is 1. The molecule has 1 saturated carbocycles. The Morgan fingerprint density at radius 1 is 1.14 bits per heavy atom. The van der Waals surface area contributed by atoms with Gasteiger partial charge in [0.05, 0.1) is 24.3 Å². The molecule has 28 heavy (non-hydrogen) atoms. The van der Waals surface area contributed by atoms with Gasteiger partial charge in [-0.1, -0.05) is 43.2 Å². The Kier molecular flexibility index (Phi) is 6.26. The molecule has 0 aliphatic heterocycles. The molecule has 7 nitrogen and oxygen atoms in total. The third-order valence-electron chi connectivity index (χ3n) is 5.06. The van der Waals surface area contributed by atoms with E-state index in [9.17, 15) is 19.5 Å². The Balaban J connectivity index is 1.93. The molecule has 3 N–H and O–H groups in total. The molecule has 1 aliphatic carbocycles. The maximum atomic E-state index is 12.8. The first-order valence-electron chi connectivity index (χ1n) is 9.49. The lowest BCUT2D eigenvalue weighted by Gasteiger charge is -2.28. The number of carbonyl (C=O) groups excluding carboxylic acids is 2. The van der Waals surface area contributed by atoms with E-state index < -0.39 is 23.5 Å². The van der Waals surface area contributed by atoms with Crippen LogP contribution in [-0.2, 0) is 6.54 Å². The summed E-state index contributed by atoms with van der Waals surface area (Å²) >= 11 is 0. The number of hydrogen-bond acceptors (Lipinski definition) is 4. The summed E-state index contributed by atoms with van der Waals surface area (Å²) in [5.74, 6) is -0.947. The summed E-state index contributed by atoms with van der Waals surface area (Å²) in [7, 11) is 1.44. The standard InChI is InChI=1S/C21H25N3O4/c1-22-20(27)16-11-15(19(26)23-17-9-5-6-10-18(17)25)13-24(21(16)28)12-14-7-3-2-4-8-14/h2-4,7-8,11,13,17-18,25H,5-6,9-10,12H2,1H3,(H,22,27)(H,23,26)/t17-,18+/m1/s1. The van der Waals surface area contributed by atoms with Crippen molar-refractivity contribution in [1.82, 2.24) is 15.2 Å². The van der Waals surface area contributed by atoms with Crippen LogP contribution in [0.3, 0.4) is 0 Å². The second-order valence-electron chi connectivity index (χ2n) is 7.07. The molecular weight excluding hydrogens is 358 g/mol. The lowest BCUT2D eigenvalue weighted by Crippen LogP contribution is -2.45. The number of aliphatic hydroxyl groups is 1. The lowest BCUT2D eigenvalue weighted by molar-refractivity contribution is 0.0716. The average Bonchev–Trinajstić information content (AvgIpc) is 2.71. The van der Waals surface area contributed by atoms with E-state index in [0.717, 1.165) is 18.4 Å². The Morgan fingerprint density at radius 2 is 1.86 bits per heavy atom. The second-order valence-corrected chi connectivity index (χ2v) is 7.07. The first-order valence-corrected chi connectivity index (χ1v) is 9.49. The number of benzene rings is 1. The summed E-state index contributed by atoms with van der Waals surface area (Å²) in [6, 6.07) is 10.3. The van der Waals surface area contributed by atoms with Crippen LogP contribution in [-0.4, -0.2) is 40.7 Å². The molecule has 7 heteroatoms. The van der Waals surface area contributed by atoms with Crippen molar-refractivity contribution in [3.05, 3.63) is 69.6 Å². The minimum absolute atomic E-state index is 0.0877. The highest BCUT2D eigenvalue weighted by Crippen LogP contribution is 2.19. The maximum absolute atomic E-state index is 12.8. The molecule has 1 fully saturated rings. The van der Waals surface area contributed by atoms with Crippen molar-refractivity contribution in [2.45, 2.75) is 44.4 Å². The molecule has 2 amide bonds. The van der Waals surface area contributed by atoms with Crippen LogP contribution in [0.2, 0.25) is 0 Å². The van der Waals surface area contributed by atoms with E-state index in [1.54, 1.807) is 0 Å². The van der Waals surface area contributed by atoms with Gasteiger partial charge in [0.2, 0.25) is 0 Å². The van der Waals surface area contributed by atoms with Crippen LogP contribution in [0, 0.1) is 0 Å². The zero-order valence-corrected chi connectivity index (χ0v) is 15.9. The van der Waals surface area contributed by atoms with Crippen LogP contribution in [0.4, 0.5) is 0 Å². The quantitative estimate of drug-likeness (QED) is 0.724. The molecule has 2 atom stereocenters. The first kappa shape index (κ1) is 19.8. The smallest absolute Gasteiger partial charge is 0.263 e. The van der Waals surface area contributed by atoms with Gasteiger partial charge in [0.25, 0.3) is 17.4 Å². The minimum atomic E-state index is -0.577. The number of nitrogens with one attached hydrogen (secondary N) is 2. The van der Waals surface area contributed by atoms with Crippen molar-refractivity contribution in [2.24, 2.45) is 0 Å². The Labute approximate surface area is 163 Å². The number of aromatic nitrogens is 1. The van der Waals surface area contributed by atoms with Gasteiger partial charge in [0.1, 0.15) is 5.56 Å². The van der Waals surface area contributed by atoms with E-state index in [-0.39, 0.29) is 23.7 Å². The van der Waals surface area contributed by atoms with Crippen LogP contribution in [0.15, 0.2) is 47.4 Å². The number of pyridine rings is 1. The molecule has 2 aromatic rings. The lowest BCUT2D eigenvalue weighted by atomic mass is 9.92. The highest BCUT2D eigenvalue weighted by Gasteiger charge is 2.26. The molecule has 1 aliphatic rings. The van der Waals surface area contributed by atoms with Crippen LogP contribution < -0.4 is 16.2 Å². The van der Waals surface area contributed by atoms with Gasteiger partial charge in [0.15, 0.2) is 0 Å². The van der Waals surface area contributed by atoms with E-state index in [1.165, 1.54) is 23.9 Å². The van der Waals surface area contributed by atoms with E-state index in [4.69, 9.17) is 0 Å². The fraction of sp³-hybridized carbons (Fsp3) is 0.381. The predicted octanol–water partition coefficient (Wildman–Crippen LogP) is 1.29. The van der Waals surface area contributed by atoms with Crippen molar-refractivity contribution in [3.8, 4) is 0 Å². The molecule has 1 heterocycles. The number of rotatable bonds is 5. The van der Waals surface area contributed by atoms with E-state index in [0.29, 0.717) is 12.8 Å². The highest BCUT2D eigenvalue weighted by molar-refractivity contribution is 5.99. The van der Waals surface area contributed by atoms with Gasteiger partial charge in [-0.15, -0.1) is 0 Å². The van der Waals surface area contributed by atoms with Gasteiger partial charge in [0, 0.05) is 13.2 Å². The molecule has 3 rings (SSSR count). The van der Waals surface area contributed by atoms with Gasteiger partial charge in [-0.25, -0.2) is 0 Å². The fourth-order valence-electron chi connectivity index (χ4n) is 3.49. The van der Waals surface area contributed by atoms with Crippen LogP contribution in [0.5, 0.6) is 0 Å². The molecule has 1 aromatic heterocycles. The largest absolute Gasteiger partial charge is 0.391 e. The molecule has 0 unspecified atom stereocenters. The molecule has 0 saturated heterocycles. The summed E-state index contributed by atoms with van der Waals surface area (Å²) in [5, 5.41) is 15.4.